The normalized spacial score (nSPS) is 11.8. The summed E-state index contributed by atoms with van der Waals surface area (Å²) in [5.74, 6) is -6.42. The van der Waals surface area contributed by atoms with E-state index in [2.05, 4.69) is 4.74 Å². The lowest BCUT2D eigenvalue weighted by molar-refractivity contribution is -0.385. The van der Waals surface area contributed by atoms with Gasteiger partial charge in [0.25, 0.3) is 11.4 Å². The lowest BCUT2D eigenvalue weighted by Crippen LogP contribution is -2.63. The quantitative estimate of drug-likeness (QED) is 0.132. The van der Waals surface area contributed by atoms with Crippen molar-refractivity contribution in [1.29, 1.82) is 0 Å². The highest BCUT2D eigenvalue weighted by atomic mass is 31.2. The maximum absolute atomic E-state index is 13.6. The molecule has 0 bridgehead atoms. The van der Waals surface area contributed by atoms with E-state index in [0.29, 0.717) is 12.1 Å². The number of amides is 1. The van der Waals surface area contributed by atoms with Crippen LogP contribution in [0.15, 0.2) is 48.5 Å². The van der Waals surface area contributed by atoms with E-state index in [1.807, 2.05) is 0 Å². The van der Waals surface area contributed by atoms with Gasteiger partial charge in [-0.15, -0.1) is 0 Å². The second-order valence-electron chi connectivity index (χ2n) is 7.00. The van der Waals surface area contributed by atoms with Gasteiger partial charge in [0.15, 0.2) is 0 Å². The summed E-state index contributed by atoms with van der Waals surface area (Å²) in [7, 11) is -6.36. The average molecular weight is 567 g/mol. The van der Waals surface area contributed by atoms with E-state index >= 15 is 0 Å². The predicted octanol–water partition coefficient (Wildman–Crippen LogP) is 2.70. The van der Waals surface area contributed by atoms with Crippen LogP contribution in [0.5, 0.6) is 11.5 Å². The fourth-order valence-corrected chi connectivity index (χ4v) is 3.75. The van der Waals surface area contributed by atoms with Crippen molar-refractivity contribution >= 4 is 30.8 Å². The van der Waals surface area contributed by atoms with Gasteiger partial charge in [0, 0.05) is 12.1 Å². The fourth-order valence-electron chi connectivity index (χ4n) is 2.82. The molecule has 0 spiro atoms. The summed E-state index contributed by atoms with van der Waals surface area (Å²) in [4.78, 5) is 64.4. The fraction of sp³-hybridized carbons (Fsp3) is 0.263. The van der Waals surface area contributed by atoms with E-state index in [1.54, 1.807) is 0 Å². The standard InChI is InChI=1S/C19H17F3N3O12P/c1-2-35-16(26)11-23(17(27)18(20,21)22)19(38(32,33)34,36-14-7-3-5-12(9-14)24(28)29)37-15-8-4-6-13(10-15)25(30)31/h3-10H,2,11H2,1H3,(H2,32,33,34). The summed E-state index contributed by atoms with van der Waals surface area (Å²) in [5, 5.41) is 22.3. The minimum atomic E-state index is -6.36. The van der Waals surface area contributed by atoms with Crippen molar-refractivity contribution < 1.29 is 61.2 Å². The van der Waals surface area contributed by atoms with Gasteiger partial charge in [-0.05, 0) is 19.1 Å². The molecule has 0 unspecified atom stereocenters. The Morgan fingerprint density at radius 3 is 1.76 bits per heavy atom. The number of hydrogen-bond donors (Lipinski definition) is 2. The molecule has 15 nitrogen and oxygen atoms in total. The molecule has 0 aliphatic rings. The molecule has 2 aromatic rings. The number of carbonyl (C=O) groups is 2. The maximum Gasteiger partial charge on any atom is 0.471 e. The first kappa shape index (κ1) is 29.9. The van der Waals surface area contributed by atoms with Crippen LogP contribution >= 0.6 is 7.60 Å². The SMILES string of the molecule is CCOC(=O)CN(C(=O)C(F)(F)F)C(Oc1cccc([N+](=O)[O-])c1)(Oc1cccc([N+](=O)[O-])c1)P(=O)(O)O. The second-order valence-corrected chi connectivity index (χ2v) is 8.65. The molecule has 19 heteroatoms. The number of halogens is 3. The molecule has 0 aromatic heterocycles. The lowest BCUT2D eigenvalue weighted by atomic mass is 10.3. The van der Waals surface area contributed by atoms with E-state index < -0.39 is 82.1 Å². The van der Waals surface area contributed by atoms with Gasteiger partial charge in [-0.25, -0.2) is 9.46 Å². The number of nitrogens with zero attached hydrogens (tertiary/aromatic N) is 3. The van der Waals surface area contributed by atoms with Gasteiger partial charge in [-0.2, -0.15) is 13.2 Å². The highest BCUT2D eigenvalue weighted by Crippen LogP contribution is 2.55. The van der Waals surface area contributed by atoms with Gasteiger partial charge >= 0.3 is 31.3 Å². The molecular weight excluding hydrogens is 550 g/mol. The molecule has 0 heterocycles. The Morgan fingerprint density at radius 1 is 0.974 bits per heavy atom. The summed E-state index contributed by atoms with van der Waals surface area (Å²) in [6.07, 6.45) is -5.88. The molecule has 0 atom stereocenters. The van der Waals surface area contributed by atoms with Crippen LogP contribution in [0.1, 0.15) is 6.92 Å². The third kappa shape index (κ3) is 6.93. The van der Waals surface area contributed by atoms with E-state index in [0.717, 1.165) is 36.4 Å². The summed E-state index contributed by atoms with van der Waals surface area (Å²) < 4.78 is 68.1. The van der Waals surface area contributed by atoms with Crippen molar-refractivity contribution in [3.63, 3.8) is 0 Å². The third-order valence-electron chi connectivity index (χ3n) is 4.35. The Balaban J connectivity index is 2.88. The van der Waals surface area contributed by atoms with Gasteiger partial charge in [0.2, 0.25) is 0 Å². The minimum absolute atomic E-state index is 0.423. The van der Waals surface area contributed by atoms with Crippen LogP contribution in [0.3, 0.4) is 0 Å². The van der Waals surface area contributed by atoms with Crippen LogP contribution in [-0.2, 0) is 18.9 Å². The maximum atomic E-state index is 13.6. The number of hydrogen-bond acceptors (Lipinski definition) is 10. The smallest absolute Gasteiger partial charge is 0.465 e. The number of esters is 1. The van der Waals surface area contributed by atoms with Gasteiger partial charge in [0.05, 0.1) is 28.6 Å². The zero-order valence-corrected chi connectivity index (χ0v) is 19.8. The van der Waals surface area contributed by atoms with Crippen molar-refractivity contribution in [3.05, 3.63) is 68.8 Å². The molecule has 0 fully saturated rings. The summed E-state index contributed by atoms with van der Waals surface area (Å²) in [6, 6.07) is 6.32. The molecule has 0 aliphatic heterocycles. The number of ether oxygens (including phenoxy) is 3. The Hall–Kier alpha value is -4.28. The first-order valence-electron chi connectivity index (χ1n) is 9.99. The molecule has 0 saturated heterocycles. The molecule has 2 rings (SSSR count). The van der Waals surface area contributed by atoms with Crippen LogP contribution < -0.4 is 9.47 Å². The zero-order chi connectivity index (χ0) is 28.9. The van der Waals surface area contributed by atoms with Gasteiger partial charge < -0.3 is 24.0 Å². The van der Waals surface area contributed by atoms with Crippen LogP contribution in [0.25, 0.3) is 0 Å². The van der Waals surface area contributed by atoms with Crippen molar-refractivity contribution in [1.82, 2.24) is 4.90 Å². The van der Waals surface area contributed by atoms with E-state index in [1.165, 1.54) is 6.92 Å². The summed E-state index contributed by atoms with van der Waals surface area (Å²) in [5.41, 5.74) is -5.69. The molecule has 1 amide bonds. The van der Waals surface area contributed by atoms with Crippen LogP contribution in [-0.4, -0.2) is 61.4 Å². The molecule has 2 aromatic carbocycles. The number of non-ortho nitro benzene ring substituents is 2. The molecular formula is C19H17F3N3O12P. The average Bonchev–Trinajstić information content (AvgIpc) is 2.81. The number of alkyl halides is 3. The molecule has 0 radical (unpaired) electrons. The number of rotatable bonds is 11. The Kier molecular flexibility index (Phi) is 8.99. The van der Waals surface area contributed by atoms with Gasteiger partial charge in [-0.1, -0.05) is 12.1 Å². The highest BCUT2D eigenvalue weighted by Gasteiger charge is 2.65. The predicted molar refractivity (Wildman–Crippen MR) is 117 cm³/mol. The van der Waals surface area contributed by atoms with Crippen LogP contribution in [0.4, 0.5) is 24.5 Å². The van der Waals surface area contributed by atoms with Crippen molar-refractivity contribution in [3.8, 4) is 11.5 Å². The van der Waals surface area contributed by atoms with Crippen molar-refractivity contribution in [2.75, 3.05) is 13.2 Å². The number of benzene rings is 2. The first-order chi connectivity index (χ1) is 17.5. The second kappa shape index (κ2) is 11.4. The van der Waals surface area contributed by atoms with E-state index in [9.17, 15) is 57.3 Å². The van der Waals surface area contributed by atoms with Crippen molar-refractivity contribution in [2.24, 2.45) is 0 Å². The Bertz CT molecular complexity index is 1220. The topological polar surface area (TPSA) is 209 Å². The number of nitro benzene ring substituents is 2. The van der Waals surface area contributed by atoms with Crippen LogP contribution in [0.2, 0.25) is 0 Å². The van der Waals surface area contributed by atoms with E-state index in [4.69, 9.17) is 9.47 Å². The molecule has 2 N–H and O–H groups in total. The van der Waals surface area contributed by atoms with Crippen molar-refractivity contribution in [2.45, 2.75) is 18.8 Å². The molecule has 38 heavy (non-hydrogen) atoms. The first-order valence-corrected chi connectivity index (χ1v) is 11.6. The third-order valence-corrected chi connectivity index (χ3v) is 5.51. The molecule has 0 aliphatic carbocycles. The minimum Gasteiger partial charge on any atom is -0.465 e. The Morgan fingerprint density at radius 2 is 1.42 bits per heavy atom. The Labute approximate surface area is 209 Å². The molecule has 206 valence electrons. The monoisotopic (exact) mass is 567 g/mol. The van der Waals surface area contributed by atoms with Crippen LogP contribution in [0, 0.1) is 20.2 Å². The summed E-state index contributed by atoms with van der Waals surface area (Å²) >= 11 is 0. The summed E-state index contributed by atoms with van der Waals surface area (Å²) in [6.45, 7) is -0.988. The van der Waals surface area contributed by atoms with Gasteiger partial charge in [0.1, 0.15) is 18.0 Å². The molecule has 0 saturated carbocycles. The highest BCUT2D eigenvalue weighted by molar-refractivity contribution is 7.53. The van der Waals surface area contributed by atoms with E-state index in [-0.39, 0.29) is 0 Å². The number of nitro groups is 2. The largest absolute Gasteiger partial charge is 0.471 e. The van der Waals surface area contributed by atoms with Gasteiger partial charge in [-0.3, -0.25) is 29.8 Å². The zero-order valence-electron chi connectivity index (χ0n) is 18.9. The lowest BCUT2D eigenvalue weighted by Gasteiger charge is -2.41. The number of carbonyl (C=O) groups excluding carboxylic acids is 2.